The van der Waals surface area contributed by atoms with E-state index in [1.165, 1.54) is 25.0 Å². The van der Waals surface area contributed by atoms with Gasteiger partial charge in [0.25, 0.3) is 5.92 Å². The van der Waals surface area contributed by atoms with Gasteiger partial charge in [0.05, 0.1) is 0 Å². The van der Waals surface area contributed by atoms with E-state index in [9.17, 15) is 8.78 Å². The molecule has 100 valence electrons. The van der Waals surface area contributed by atoms with Gasteiger partial charge in [-0.2, -0.15) is 0 Å². The molecule has 0 radical (unpaired) electrons. The first-order chi connectivity index (χ1) is 8.55. The number of hydrogen-bond donors (Lipinski definition) is 1. The first-order valence-corrected chi connectivity index (χ1v) is 6.40. The van der Waals surface area contributed by atoms with Crippen molar-refractivity contribution in [1.29, 1.82) is 0 Å². The fourth-order valence-corrected chi connectivity index (χ4v) is 2.12. The van der Waals surface area contributed by atoms with Gasteiger partial charge in [0.15, 0.2) is 0 Å². The Bertz CT molecular complexity index is 384. The van der Waals surface area contributed by atoms with E-state index in [4.69, 9.17) is 4.74 Å². The zero-order chi connectivity index (χ0) is 13.0. The van der Waals surface area contributed by atoms with Crippen LogP contribution in [0, 0.1) is 0 Å². The van der Waals surface area contributed by atoms with Crippen molar-refractivity contribution in [3.63, 3.8) is 0 Å². The minimum Gasteiger partial charge on any atom is -0.492 e. The molecule has 1 aromatic rings. The number of ether oxygens (including phenoxy) is 1. The van der Waals surface area contributed by atoms with Crippen LogP contribution in [0.25, 0.3) is 0 Å². The van der Waals surface area contributed by atoms with Gasteiger partial charge in [0.2, 0.25) is 0 Å². The summed E-state index contributed by atoms with van der Waals surface area (Å²) in [5.74, 6) is -2.30. The second kappa shape index (κ2) is 5.65. The summed E-state index contributed by atoms with van der Waals surface area (Å²) in [5, 5.41) is 3.36. The Kier molecular flexibility index (Phi) is 4.17. The first-order valence-electron chi connectivity index (χ1n) is 6.40. The van der Waals surface area contributed by atoms with Crippen molar-refractivity contribution in [2.24, 2.45) is 0 Å². The van der Waals surface area contributed by atoms with E-state index in [0.717, 1.165) is 19.9 Å². The maximum atomic E-state index is 13.2. The average Bonchev–Trinajstić information content (AvgIpc) is 2.37. The molecule has 1 atom stereocenters. The van der Waals surface area contributed by atoms with Crippen molar-refractivity contribution >= 4 is 0 Å². The van der Waals surface area contributed by atoms with Gasteiger partial charge in [-0.25, -0.2) is 8.78 Å². The van der Waals surface area contributed by atoms with E-state index in [2.05, 4.69) is 5.32 Å². The Balaban J connectivity index is 1.92. The van der Waals surface area contributed by atoms with Crippen molar-refractivity contribution < 1.29 is 13.5 Å². The van der Waals surface area contributed by atoms with E-state index in [0.29, 0.717) is 18.4 Å². The highest BCUT2D eigenvalue weighted by molar-refractivity contribution is 5.30. The number of halogens is 2. The van der Waals surface area contributed by atoms with Crippen LogP contribution in [-0.4, -0.2) is 19.2 Å². The molecule has 2 nitrogen and oxygen atoms in total. The molecule has 1 aromatic carbocycles. The highest BCUT2D eigenvalue weighted by atomic mass is 19.3. The Morgan fingerprint density at radius 2 is 2.22 bits per heavy atom. The van der Waals surface area contributed by atoms with Crippen LogP contribution in [0.15, 0.2) is 24.3 Å². The van der Waals surface area contributed by atoms with Gasteiger partial charge in [0, 0.05) is 18.5 Å². The highest BCUT2D eigenvalue weighted by Gasteiger charge is 2.24. The molecule has 1 fully saturated rings. The van der Waals surface area contributed by atoms with Crippen LogP contribution < -0.4 is 10.1 Å². The molecule has 1 unspecified atom stereocenters. The highest BCUT2D eigenvalue weighted by Crippen LogP contribution is 2.29. The number of alkyl halides is 2. The minimum atomic E-state index is -2.82. The Morgan fingerprint density at radius 3 is 2.89 bits per heavy atom. The minimum absolute atomic E-state index is 0.00315. The van der Waals surface area contributed by atoms with Gasteiger partial charge < -0.3 is 10.1 Å². The molecule has 18 heavy (non-hydrogen) atoms. The van der Waals surface area contributed by atoms with Crippen LogP contribution in [-0.2, 0) is 5.92 Å². The summed E-state index contributed by atoms with van der Waals surface area (Å²) in [6, 6.07) is 6.51. The van der Waals surface area contributed by atoms with Gasteiger partial charge in [0.1, 0.15) is 12.4 Å². The molecule has 4 heteroatoms. The molecule has 0 saturated carbocycles. The van der Waals surface area contributed by atoms with Crippen molar-refractivity contribution in [1.82, 2.24) is 5.32 Å². The maximum absolute atomic E-state index is 13.2. The largest absolute Gasteiger partial charge is 0.492 e. The molecule has 1 aliphatic heterocycles. The first kappa shape index (κ1) is 13.3. The number of piperidine rings is 1. The lowest BCUT2D eigenvalue weighted by Crippen LogP contribution is -2.38. The van der Waals surface area contributed by atoms with Crippen LogP contribution in [0.2, 0.25) is 0 Å². The summed E-state index contributed by atoms with van der Waals surface area (Å²) in [4.78, 5) is 0. The second-order valence-electron chi connectivity index (χ2n) is 4.87. The predicted octanol–water partition coefficient (Wildman–Crippen LogP) is 3.32. The lowest BCUT2D eigenvalue weighted by molar-refractivity contribution is 0.0172. The van der Waals surface area contributed by atoms with Gasteiger partial charge in [-0.3, -0.25) is 0 Å². The molecule has 2 rings (SSSR count). The molecule has 1 heterocycles. The number of benzene rings is 1. The number of rotatable bonds is 4. The number of hydrogen-bond acceptors (Lipinski definition) is 2. The van der Waals surface area contributed by atoms with Crippen LogP contribution in [0.4, 0.5) is 8.78 Å². The molecule has 0 spiro atoms. The van der Waals surface area contributed by atoms with Gasteiger partial charge in [-0.05, 0) is 31.5 Å². The average molecular weight is 255 g/mol. The van der Waals surface area contributed by atoms with Crippen LogP contribution in [0.5, 0.6) is 5.75 Å². The predicted molar refractivity (Wildman–Crippen MR) is 67.1 cm³/mol. The van der Waals surface area contributed by atoms with Crippen LogP contribution in [0.3, 0.4) is 0 Å². The SMILES string of the molecule is CC(F)(F)c1cccc(OCC2CCCCN2)c1. The van der Waals surface area contributed by atoms with E-state index in [1.807, 2.05) is 0 Å². The van der Waals surface area contributed by atoms with E-state index >= 15 is 0 Å². The lowest BCUT2D eigenvalue weighted by atomic mass is 10.1. The van der Waals surface area contributed by atoms with Crippen molar-refractivity contribution in [2.45, 2.75) is 38.2 Å². The quantitative estimate of drug-likeness (QED) is 0.891. The Morgan fingerprint density at radius 1 is 1.39 bits per heavy atom. The van der Waals surface area contributed by atoms with Gasteiger partial charge in [-0.1, -0.05) is 18.6 Å². The normalized spacial score (nSPS) is 20.7. The fraction of sp³-hybridized carbons (Fsp3) is 0.571. The summed E-state index contributed by atoms with van der Waals surface area (Å²) < 4.78 is 31.9. The molecule has 1 saturated heterocycles. The third-order valence-corrected chi connectivity index (χ3v) is 3.20. The Labute approximate surface area is 106 Å². The summed E-state index contributed by atoms with van der Waals surface area (Å²) in [6.07, 6.45) is 3.49. The van der Waals surface area contributed by atoms with E-state index in [-0.39, 0.29) is 5.56 Å². The molecule has 1 N–H and O–H groups in total. The Hall–Kier alpha value is -1.16. The lowest BCUT2D eigenvalue weighted by Gasteiger charge is -2.23. The second-order valence-corrected chi connectivity index (χ2v) is 4.87. The monoisotopic (exact) mass is 255 g/mol. The molecule has 0 aliphatic carbocycles. The van der Waals surface area contributed by atoms with E-state index in [1.54, 1.807) is 12.1 Å². The summed E-state index contributed by atoms with van der Waals surface area (Å²) >= 11 is 0. The zero-order valence-corrected chi connectivity index (χ0v) is 10.6. The zero-order valence-electron chi connectivity index (χ0n) is 10.6. The van der Waals surface area contributed by atoms with E-state index < -0.39 is 5.92 Å². The van der Waals surface area contributed by atoms with Crippen LogP contribution >= 0.6 is 0 Å². The molecule has 1 aliphatic rings. The fourth-order valence-electron chi connectivity index (χ4n) is 2.12. The molecule has 0 amide bonds. The maximum Gasteiger partial charge on any atom is 0.270 e. The third-order valence-electron chi connectivity index (χ3n) is 3.20. The van der Waals surface area contributed by atoms with Crippen molar-refractivity contribution in [3.8, 4) is 5.75 Å². The standard InChI is InChI=1S/C14H19F2NO/c1-14(15,16)11-5-4-7-13(9-11)18-10-12-6-2-3-8-17-12/h4-5,7,9,12,17H,2-3,6,8,10H2,1H3. The third kappa shape index (κ3) is 3.67. The summed E-state index contributed by atoms with van der Waals surface area (Å²) in [7, 11) is 0. The van der Waals surface area contributed by atoms with Crippen molar-refractivity contribution in [3.05, 3.63) is 29.8 Å². The topological polar surface area (TPSA) is 21.3 Å². The molecular weight excluding hydrogens is 236 g/mol. The van der Waals surface area contributed by atoms with Crippen LogP contribution in [0.1, 0.15) is 31.7 Å². The van der Waals surface area contributed by atoms with Gasteiger partial charge in [-0.15, -0.1) is 0 Å². The molecule has 0 bridgehead atoms. The van der Waals surface area contributed by atoms with Crippen molar-refractivity contribution in [2.75, 3.05) is 13.2 Å². The summed E-state index contributed by atoms with van der Waals surface area (Å²) in [5.41, 5.74) is -0.00315. The molecular formula is C14H19F2NO. The summed E-state index contributed by atoms with van der Waals surface area (Å²) in [6.45, 7) is 2.45. The molecule has 0 aromatic heterocycles. The smallest absolute Gasteiger partial charge is 0.270 e. The van der Waals surface area contributed by atoms with Gasteiger partial charge >= 0.3 is 0 Å². The number of nitrogens with one attached hydrogen (secondary N) is 1.